The fourth-order valence-corrected chi connectivity index (χ4v) is 3.10. The van der Waals surface area contributed by atoms with E-state index in [4.69, 9.17) is 9.47 Å². The highest BCUT2D eigenvalue weighted by molar-refractivity contribution is 5.73. The molecular formula is C21H30O4. The predicted molar refractivity (Wildman–Crippen MR) is 96.9 cm³/mol. The summed E-state index contributed by atoms with van der Waals surface area (Å²) >= 11 is 0. The molecule has 0 heterocycles. The summed E-state index contributed by atoms with van der Waals surface area (Å²) < 4.78 is 11.3. The smallest absolute Gasteiger partial charge is 0.309 e. The average Bonchev–Trinajstić information content (AvgIpc) is 2.62. The lowest BCUT2D eigenvalue weighted by atomic mass is 9.87. The van der Waals surface area contributed by atoms with Crippen LogP contribution in [-0.2, 0) is 24.7 Å². The highest BCUT2D eigenvalue weighted by Gasteiger charge is 2.33. The van der Waals surface area contributed by atoms with E-state index in [-0.39, 0.29) is 29.9 Å². The number of benzene rings is 1. The van der Waals surface area contributed by atoms with E-state index >= 15 is 0 Å². The number of esters is 2. The van der Waals surface area contributed by atoms with Crippen molar-refractivity contribution in [1.29, 1.82) is 0 Å². The van der Waals surface area contributed by atoms with Gasteiger partial charge in [0.15, 0.2) is 0 Å². The first-order chi connectivity index (χ1) is 11.8. The first kappa shape index (κ1) is 19.5. The summed E-state index contributed by atoms with van der Waals surface area (Å²) in [7, 11) is 0. The third kappa shape index (κ3) is 5.32. The largest absolute Gasteiger partial charge is 0.462 e. The molecule has 0 N–H and O–H groups in total. The summed E-state index contributed by atoms with van der Waals surface area (Å²) in [4.78, 5) is 24.4. The van der Waals surface area contributed by atoms with Crippen molar-refractivity contribution in [3.05, 3.63) is 35.9 Å². The molecule has 138 valence electrons. The molecule has 1 fully saturated rings. The van der Waals surface area contributed by atoms with E-state index in [2.05, 4.69) is 0 Å². The summed E-state index contributed by atoms with van der Waals surface area (Å²) in [6.07, 6.45) is 3.61. The number of hydrogen-bond donors (Lipinski definition) is 0. The van der Waals surface area contributed by atoms with Gasteiger partial charge in [-0.25, -0.2) is 0 Å². The minimum absolute atomic E-state index is 0.0608. The molecule has 2 rings (SSSR count). The lowest BCUT2D eigenvalue weighted by Crippen LogP contribution is -2.34. The monoisotopic (exact) mass is 346 g/mol. The number of rotatable bonds is 6. The fourth-order valence-electron chi connectivity index (χ4n) is 3.10. The molecule has 25 heavy (non-hydrogen) atoms. The highest BCUT2D eigenvalue weighted by Crippen LogP contribution is 2.31. The van der Waals surface area contributed by atoms with Crippen molar-refractivity contribution in [3.8, 4) is 0 Å². The predicted octanol–water partition coefficient (Wildman–Crippen LogP) is 4.61. The SMILES string of the molecule is CCC(C)C(=O)OC1CCC(C(=O)OC(C)(C)c2ccccc2)CC1. The van der Waals surface area contributed by atoms with Gasteiger partial charge in [-0.15, -0.1) is 0 Å². The van der Waals surface area contributed by atoms with Crippen molar-refractivity contribution in [3.63, 3.8) is 0 Å². The second kappa shape index (κ2) is 8.50. The first-order valence-electron chi connectivity index (χ1n) is 9.32. The topological polar surface area (TPSA) is 52.6 Å². The van der Waals surface area contributed by atoms with Gasteiger partial charge < -0.3 is 9.47 Å². The Labute approximate surface area is 150 Å². The third-order valence-electron chi connectivity index (χ3n) is 5.13. The molecule has 1 atom stereocenters. The molecule has 4 heteroatoms. The quantitative estimate of drug-likeness (QED) is 0.706. The summed E-state index contributed by atoms with van der Waals surface area (Å²) in [6.45, 7) is 7.70. The van der Waals surface area contributed by atoms with Gasteiger partial charge in [-0.3, -0.25) is 9.59 Å². The van der Waals surface area contributed by atoms with Gasteiger partial charge in [-0.2, -0.15) is 0 Å². The molecule has 0 spiro atoms. The summed E-state index contributed by atoms with van der Waals surface area (Å²) in [5.74, 6) is -0.449. The molecule has 4 nitrogen and oxygen atoms in total. The van der Waals surface area contributed by atoms with Crippen molar-refractivity contribution in [2.45, 2.75) is 71.5 Å². The molecule has 1 aromatic carbocycles. The van der Waals surface area contributed by atoms with E-state index in [1.165, 1.54) is 0 Å². The summed E-state index contributed by atoms with van der Waals surface area (Å²) in [5, 5.41) is 0. The lowest BCUT2D eigenvalue weighted by Gasteiger charge is -2.31. The number of carbonyl (C=O) groups is 2. The number of carbonyl (C=O) groups excluding carboxylic acids is 2. The van der Waals surface area contributed by atoms with Crippen LogP contribution in [0.1, 0.15) is 65.4 Å². The van der Waals surface area contributed by atoms with Crippen LogP contribution in [0.5, 0.6) is 0 Å². The minimum Gasteiger partial charge on any atom is -0.462 e. The van der Waals surface area contributed by atoms with Crippen LogP contribution in [0.4, 0.5) is 0 Å². The molecule has 0 aromatic heterocycles. The van der Waals surface area contributed by atoms with Crippen LogP contribution in [0.3, 0.4) is 0 Å². The van der Waals surface area contributed by atoms with Gasteiger partial charge in [0.1, 0.15) is 11.7 Å². The Morgan fingerprint density at radius 2 is 1.72 bits per heavy atom. The van der Waals surface area contributed by atoms with Crippen LogP contribution in [0, 0.1) is 11.8 Å². The lowest BCUT2D eigenvalue weighted by molar-refractivity contribution is -0.166. The molecule has 0 amide bonds. The van der Waals surface area contributed by atoms with Crippen molar-refractivity contribution >= 4 is 11.9 Å². The molecule has 1 unspecified atom stereocenters. The van der Waals surface area contributed by atoms with E-state index in [0.717, 1.165) is 24.8 Å². The van der Waals surface area contributed by atoms with Crippen LogP contribution in [0.2, 0.25) is 0 Å². The highest BCUT2D eigenvalue weighted by atomic mass is 16.6. The molecule has 0 aliphatic heterocycles. The van der Waals surface area contributed by atoms with Gasteiger partial charge in [-0.1, -0.05) is 44.2 Å². The third-order valence-corrected chi connectivity index (χ3v) is 5.13. The standard InChI is InChI=1S/C21H30O4/c1-5-15(2)19(22)24-18-13-11-16(12-14-18)20(23)25-21(3,4)17-9-7-6-8-10-17/h6-10,15-16,18H,5,11-14H2,1-4H3. The Balaban J connectivity index is 1.84. The van der Waals surface area contributed by atoms with Crippen molar-refractivity contribution in [1.82, 2.24) is 0 Å². The second-order valence-corrected chi connectivity index (χ2v) is 7.52. The average molecular weight is 346 g/mol. The number of hydrogen-bond acceptors (Lipinski definition) is 4. The van der Waals surface area contributed by atoms with Gasteiger partial charge in [0.25, 0.3) is 0 Å². The normalized spacial score (nSPS) is 22.1. The van der Waals surface area contributed by atoms with E-state index in [1.54, 1.807) is 0 Å². The Kier molecular flexibility index (Phi) is 6.63. The molecular weight excluding hydrogens is 316 g/mol. The Morgan fingerprint density at radius 1 is 1.12 bits per heavy atom. The number of ether oxygens (including phenoxy) is 2. The maximum absolute atomic E-state index is 12.5. The molecule has 1 saturated carbocycles. The van der Waals surface area contributed by atoms with Gasteiger partial charge in [0, 0.05) is 0 Å². The Morgan fingerprint density at radius 3 is 2.28 bits per heavy atom. The van der Waals surface area contributed by atoms with Gasteiger partial charge in [0.05, 0.1) is 11.8 Å². The molecule has 0 bridgehead atoms. The van der Waals surface area contributed by atoms with E-state index < -0.39 is 5.60 Å². The van der Waals surface area contributed by atoms with Crippen LogP contribution in [0.15, 0.2) is 30.3 Å². The Bertz CT molecular complexity index is 571. The molecule has 0 saturated heterocycles. The molecule has 0 radical (unpaired) electrons. The van der Waals surface area contributed by atoms with E-state index in [0.29, 0.717) is 12.8 Å². The maximum atomic E-state index is 12.5. The van der Waals surface area contributed by atoms with Crippen molar-refractivity contribution < 1.29 is 19.1 Å². The van der Waals surface area contributed by atoms with Gasteiger partial charge >= 0.3 is 11.9 Å². The zero-order valence-corrected chi connectivity index (χ0v) is 15.8. The van der Waals surface area contributed by atoms with Crippen molar-refractivity contribution in [2.75, 3.05) is 0 Å². The zero-order chi connectivity index (χ0) is 18.4. The zero-order valence-electron chi connectivity index (χ0n) is 15.8. The van der Waals surface area contributed by atoms with E-state index in [9.17, 15) is 9.59 Å². The van der Waals surface area contributed by atoms with Gasteiger partial charge in [-0.05, 0) is 51.5 Å². The first-order valence-corrected chi connectivity index (χ1v) is 9.32. The Hall–Kier alpha value is -1.84. The van der Waals surface area contributed by atoms with Crippen molar-refractivity contribution in [2.24, 2.45) is 11.8 Å². The minimum atomic E-state index is -0.641. The molecule has 1 aliphatic carbocycles. The summed E-state index contributed by atoms with van der Waals surface area (Å²) in [6, 6.07) is 9.78. The van der Waals surface area contributed by atoms with E-state index in [1.807, 2.05) is 58.0 Å². The second-order valence-electron chi connectivity index (χ2n) is 7.52. The fraction of sp³-hybridized carbons (Fsp3) is 0.619. The van der Waals surface area contributed by atoms with Crippen LogP contribution < -0.4 is 0 Å². The van der Waals surface area contributed by atoms with Crippen LogP contribution >= 0.6 is 0 Å². The molecule has 1 aromatic rings. The molecule has 1 aliphatic rings. The van der Waals surface area contributed by atoms with Crippen LogP contribution in [-0.4, -0.2) is 18.0 Å². The van der Waals surface area contributed by atoms with Gasteiger partial charge in [0.2, 0.25) is 0 Å². The summed E-state index contributed by atoms with van der Waals surface area (Å²) in [5.41, 5.74) is 0.345. The van der Waals surface area contributed by atoms with Crippen LogP contribution in [0.25, 0.3) is 0 Å². The maximum Gasteiger partial charge on any atom is 0.309 e.